The van der Waals surface area contributed by atoms with Gasteiger partial charge >= 0.3 is 5.97 Å². The highest BCUT2D eigenvalue weighted by molar-refractivity contribution is 5.94. The Morgan fingerprint density at radius 2 is 2.19 bits per heavy atom. The van der Waals surface area contributed by atoms with Gasteiger partial charge in [-0.15, -0.1) is 11.8 Å². The summed E-state index contributed by atoms with van der Waals surface area (Å²) >= 11 is 0. The highest BCUT2D eigenvalue weighted by Gasteiger charge is 2.47. The number of carbonyl (C=O) groups is 2. The zero-order chi connectivity index (χ0) is 15.6. The fourth-order valence-corrected chi connectivity index (χ4v) is 3.33. The molecule has 0 N–H and O–H groups in total. The Balaban J connectivity index is 2.04. The van der Waals surface area contributed by atoms with Crippen LogP contribution in [0.5, 0.6) is 0 Å². The largest absolute Gasteiger partial charge is 0.462 e. The molecule has 0 aromatic carbocycles. The molecule has 2 aliphatic rings. The second-order valence-electron chi connectivity index (χ2n) is 6.90. The minimum Gasteiger partial charge on any atom is -0.462 e. The lowest BCUT2D eigenvalue weighted by Gasteiger charge is -2.19. The van der Waals surface area contributed by atoms with Crippen LogP contribution in [-0.4, -0.2) is 17.9 Å². The molecule has 0 unspecified atom stereocenters. The van der Waals surface area contributed by atoms with Crippen molar-refractivity contribution < 1.29 is 14.3 Å². The molecule has 3 nitrogen and oxygen atoms in total. The van der Waals surface area contributed by atoms with Crippen molar-refractivity contribution in [3.63, 3.8) is 0 Å². The van der Waals surface area contributed by atoms with Gasteiger partial charge < -0.3 is 4.74 Å². The quantitative estimate of drug-likeness (QED) is 0.453. The van der Waals surface area contributed by atoms with Gasteiger partial charge in [0, 0.05) is 17.8 Å². The van der Waals surface area contributed by atoms with Crippen LogP contribution in [0.3, 0.4) is 0 Å². The summed E-state index contributed by atoms with van der Waals surface area (Å²) in [4.78, 5) is 23.7. The minimum atomic E-state index is -0.456. The number of hydrogen-bond acceptors (Lipinski definition) is 3. The zero-order valence-corrected chi connectivity index (χ0v) is 13.3. The first-order valence-electron chi connectivity index (χ1n) is 7.67. The first-order valence-corrected chi connectivity index (χ1v) is 7.67. The molecule has 4 atom stereocenters. The molecule has 0 amide bonds. The molecule has 0 spiro atoms. The number of rotatable bonds is 4. The van der Waals surface area contributed by atoms with E-state index in [1.807, 2.05) is 19.9 Å². The highest BCUT2D eigenvalue weighted by atomic mass is 16.6. The summed E-state index contributed by atoms with van der Waals surface area (Å²) in [6, 6.07) is 0. The molecule has 1 heterocycles. The van der Waals surface area contributed by atoms with E-state index in [2.05, 4.69) is 18.8 Å². The van der Waals surface area contributed by atoms with Crippen molar-refractivity contribution in [3.05, 3.63) is 12.2 Å². The number of ketones is 1. The maximum absolute atomic E-state index is 12.3. The number of esters is 1. The molecule has 1 aliphatic heterocycles. The summed E-state index contributed by atoms with van der Waals surface area (Å²) in [5, 5.41) is 0. The number of carbonyl (C=O) groups excluding carboxylic acids is 2. The van der Waals surface area contributed by atoms with Crippen LogP contribution >= 0.6 is 0 Å². The minimum absolute atomic E-state index is 0.0521. The van der Waals surface area contributed by atoms with Gasteiger partial charge in [-0.25, -0.2) is 0 Å². The molecule has 1 saturated heterocycles. The fourth-order valence-electron chi connectivity index (χ4n) is 3.33. The Bertz CT molecular complexity index is 518. The summed E-state index contributed by atoms with van der Waals surface area (Å²) in [6.45, 7) is 7.80. The van der Waals surface area contributed by atoms with Gasteiger partial charge in [-0.2, -0.15) is 0 Å². The lowest BCUT2D eigenvalue weighted by Crippen LogP contribution is -2.22. The van der Waals surface area contributed by atoms with E-state index in [0.29, 0.717) is 18.8 Å². The van der Waals surface area contributed by atoms with Crippen molar-refractivity contribution in [3.8, 4) is 11.8 Å². The van der Waals surface area contributed by atoms with Crippen molar-refractivity contribution >= 4 is 11.8 Å². The van der Waals surface area contributed by atoms with Crippen LogP contribution in [-0.2, 0) is 14.3 Å². The van der Waals surface area contributed by atoms with Gasteiger partial charge in [0.05, 0.1) is 6.42 Å². The molecule has 0 aromatic heterocycles. The number of allylic oxidation sites excluding steroid dienone is 2. The normalized spacial score (nSPS) is 31.7. The predicted molar refractivity (Wildman–Crippen MR) is 81.3 cm³/mol. The van der Waals surface area contributed by atoms with Crippen molar-refractivity contribution in [2.24, 2.45) is 23.2 Å². The second-order valence-corrected chi connectivity index (χ2v) is 6.90. The Hall–Kier alpha value is -1.56. The van der Waals surface area contributed by atoms with Gasteiger partial charge in [0.2, 0.25) is 0 Å². The van der Waals surface area contributed by atoms with E-state index in [9.17, 15) is 9.59 Å². The van der Waals surface area contributed by atoms with E-state index < -0.39 is 5.41 Å². The summed E-state index contributed by atoms with van der Waals surface area (Å²) in [5.74, 6) is 6.79. The number of ether oxygens (including phenoxy) is 1. The summed E-state index contributed by atoms with van der Waals surface area (Å²) in [5.41, 5.74) is -0.456. The van der Waals surface area contributed by atoms with Crippen molar-refractivity contribution in [2.75, 3.05) is 0 Å². The molecule has 21 heavy (non-hydrogen) atoms. The summed E-state index contributed by atoms with van der Waals surface area (Å²) in [6.07, 6.45) is 5.72. The van der Waals surface area contributed by atoms with Gasteiger partial charge in [-0.1, -0.05) is 26.8 Å². The SMILES string of the molecule is CC#CCC(C)(C)C(=O)C=C[C@@H]1[C@H]2CC(=O)O[C@H]2C[C@H]1C. The Kier molecular flexibility index (Phi) is 4.56. The summed E-state index contributed by atoms with van der Waals surface area (Å²) < 4.78 is 5.34. The zero-order valence-electron chi connectivity index (χ0n) is 13.3. The molecule has 3 heteroatoms. The predicted octanol–water partition coefficient (Wildman–Crippen LogP) is 3.14. The van der Waals surface area contributed by atoms with Crippen LogP contribution in [0.25, 0.3) is 0 Å². The molecule has 2 rings (SSSR count). The maximum atomic E-state index is 12.3. The van der Waals surface area contributed by atoms with E-state index in [0.717, 1.165) is 6.42 Å². The van der Waals surface area contributed by atoms with Crippen molar-refractivity contribution in [1.29, 1.82) is 0 Å². The standard InChI is InChI=1S/C18H24O3/c1-5-6-9-18(3,4)16(19)8-7-13-12(2)10-15-14(13)11-17(20)21-15/h7-8,12-15H,9-11H2,1-4H3/t12-,13+,14-,15+/m1/s1. The third-order valence-electron chi connectivity index (χ3n) is 4.76. The van der Waals surface area contributed by atoms with Crippen molar-refractivity contribution in [2.45, 2.75) is 53.1 Å². The molecule has 114 valence electrons. The highest BCUT2D eigenvalue weighted by Crippen LogP contribution is 2.45. The molecular weight excluding hydrogens is 264 g/mol. The van der Waals surface area contributed by atoms with Gasteiger partial charge in [0.15, 0.2) is 5.78 Å². The lowest BCUT2D eigenvalue weighted by atomic mass is 9.82. The Labute approximate surface area is 127 Å². The van der Waals surface area contributed by atoms with E-state index in [4.69, 9.17) is 4.74 Å². The topological polar surface area (TPSA) is 43.4 Å². The first kappa shape index (κ1) is 15.8. The van der Waals surface area contributed by atoms with E-state index >= 15 is 0 Å². The van der Waals surface area contributed by atoms with Crippen molar-refractivity contribution in [1.82, 2.24) is 0 Å². The van der Waals surface area contributed by atoms with Gasteiger partial charge in [-0.3, -0.25) is 9.59 Å². The Morgan fingerprint density at radius 1 is 1.48 bits per heavy atom. The molecular formula is C18H24O3. The third kappa shape index (κ3) is 3.37. The maximum Gasteiger partial charge on any atom is 0.306 e. The van der Waals surface area contributed by atoms with E-state index in [1.165, 1.54) is 0 Å². The monoisotopic (exact) mass is 288 g/mol. The molecule has 0 radical (unpaired) electrons. The Morgan fingerprint density at radius 3 is 2.86 bits per heavy atom. The molecule has 1 saturated carbocycles. The lowest BCUT2D eigenvalue weighted by molar-refractivity contribution is -0.141. The van der Waals surface area contributed by atoms with E-state index in [-0.39, 0.29) is 29.7 Å². The van der Waals surface area contributed by atoms with Crippen LogP contribution in [0.4, 0.5) is 0 Å². The molecule has 1 aliphatic carbocycles. The molecule has 0 bridgehead atoms. The van der Waals surface area contributed by atoms with Gasteiger partial charge in [0.1, 0.15) is 6.10 Å². The van der Waals surface area contributed by atoms with Crippen LogP contribution in [0.1, 0.15) is 47.0 Å². The van der Waals surface area contributed by atoms with Crippen LogP contribution in [0, 0.1) is 35.0 Å². The third-order valence-corrected chi connectivity index (χ3v) is 4.76. The first-order chi connectivity index (χ1) is 9.85. The van der Waals surface area contributed by atoms with E-state index in [1.54, 1.807) is 13.0 Å². The molecule has 0 aromatic rings. The van der Waals surface area contributed by atoms with Crippen LogP contribution < -0.4 is 0 Å². The van der Waals surface area contributed by atoms with Crippen LogP contribution in [0.2, 0.25) is 0 Å². The molecule has 2 fully saturated rings. The average Bonchev–Trinajstić information content (AvgIpc) is 2.89. The number of hydrogen-bond donors (Lipinski definition) is 0. The summed E-state index contributed by atoms with van der Waals surface area (Å²) in [7, 11) is 0. The second kappa shape index (κ2) is 6.05. The average molecular weight is 288 g/mol. The van der Waals surface area contributed by atoms with Gasteiger partial charge in [-0.05, 0) is 31.3 Å². The fraction of sp³-hybridized carbons (Fsp3) is 0.667. The van der Waals surface area contributed by atoms with Gasteiger partial charge in [0.25, 0.3) is 0 Å². The van der Waals surface area contributed by atoms with Crippen LogP contribution in [0.15, 0.2) is 12.2 Å². The smallest absolute Gasteiger partial charge is 0.306 e. The number of fused-ring (bicyclic) bond motifs is 1.